The van der Waals surface area contributed by atoms with Gasteiger partial charge in [0.25, 0.3) is 0 Å². The van der Waals surface area contributed by atoms with E-state index in [1.54, 1.807) is 0 Å². The van der Waals surface area contributed by atoms with Crippen molar-refractivity contribution < 1.29 is 0 Å². The molecule has 0 saturated heterocycles. The number of aryl methyl sites for hydroxylation is 2. The number of hydrogen-bond acceptors (Lipinski definition) is 0. The molecule has 0 radical (unpaired) electrons. The third-order valence-electron chi connectivity index (χ3n) is 5.96. The second kappa shape index (κ2) is 3.96. The van der Waals surface area contributed by atoms with Crippen molar-refractivity contribution in [3.8, 4) is 0 Å². The first kappa shape index (κ1) is 12.5. The molecule has 0 nitrogen and oxygen atoms in total. The van der Waals surface area contributed by atoms with Crippen LogP contribution in [0.15, 0.2) is 60.7 Å². The van der Waals surface area contributed by atoms with Crippen LogP contribution in [0.2, 0.25) is 0 Å². The molecule has 0 aliphatic heterocycles. The summed E-state index contributed by atoms with van der Waals surface area (Å²) in [5.41, 5.74) is 2.80. The fourth-order valence-corrected chi connectivity index (χ4v) is 4.82. The maximum Gasteiger partial charge on any atom is -0.00112 e. The molecule has 0 heterocycles. The first-order valence-electron chi connectivity index (χ1n) is 8.56. The molecule has 24 heavy (non-hydrogen) atoms. The van der Waals surface area contributed by atoms with Crippen LogP contribution in [-0.4, -0.2) is 0 Å². The minimum absolute atomic E-state index is 1.35. The molecule has 0 bridgehead atoms. The second-order valence-electron chi connectivity index (χ2n) is 7.03. The van der Waals surface area contributed by atoms with Crippen LogP contribution in [0.4, 0.5) is 0 Å². The molecule has 6 aromatic carbocycles. The maximum atomic E-state index is 2.32. The van der Waals surface area contributed by atoms with Gasteiger partial charge in [0.2, 0.25) is 0 Å². The summed E-state index contributed by atoms with van der Waals surface area (Å²) in [6, 6.07) is 22.6. The Balaban J connectivity index is 2.18. The number of rotatable bonds is 0. The van der Waals surface area contributed by atoms with Gasteiger partial charge in [0.15, 0.2) is 0 Å². The van der Waals surface area contributed by atoms with Crippen LogP contribution in [0.5, 0.6) is 0 Å². The molecular weight excluding hydrogens is 288 g/mol. The van der Waals surface area contributed by atoms with Crippen molar-refractivity contribution in [3.63, 3.8) is 0 Å². The van der Waals surface area contributed by atoms with E-state index < -0.39 is 0 Å². The second-order valence-corrected chi connectivity index (χ2v) is 7.03. The fourth-order valence-electron chi connectivity index (χ4n) is 4.82. The monoisotopic (exact) mass is 304 g/mol. The van der Waals surface area contributed by atoms with E-state index >= 15 is 0 Å². The van der Waals surface area contributed by atoms with Gasteiger partial charge < -0.3 is 0 Å². The van der Waals surface area contributed by atoms with Gasteiger partial charge in [0.05, 0.1) is 0 Å². The molecule has 0 aliphatic rings. The van der Waals surface area contributed by atoms with Crippen molar-refractivity contribution in [2.45, 2.75) is 13.8 Å². The summed E-state index contributed by atoms with van der Waals surface area (Å²) in [5.74, 6) is 0. The Hall–Kier alpha value is -2.86. The largest absolute Gasteiger partial charge is 0.0610 e. The Morgan fingerprint density at radius 1 is 0.417 bits per heavy atom. The SMILES string of the molecule is Cc1c2cccc3ccc4c(C)c5cccc6ccc1c(c65)c4c32. The molecule has 0 spiro atoms. The van der Waals surface area contributed by atoms with Gasteiger partial charge in [0.1, 0.15) is 0 Å². The van der Waals surface area contributed by atoms with Crippen LogP contribution < -0.4 is 0 Å². The van der Waals surface area contributed by atoms with Crippen LogP contribution in [0.1, 0.15) is 11.1 Å². The quantitative estimate of drug-likeness (QED) is 0.210. The van der Waals surface area contributed by atoms with Crippen LogP contribution in [-0.2, 0) is 0 Å². The highest BCUT2D eigenvalue weighted by Gasteiger charge is 2.19. The highest BCUT2D eigenvalue weighted by molar-refractivity contribution is 6.38. The molecule has 0 heteroatoms. The maximum absolute atomic E-state index is 2.32. The molecule has 6 rings (SSSR count). The van der Waals surface area contributed by atoms with Crippen LogP contribution >= 0.6 is 0 Å². The average molecular weight is 304 g/mol. The minimum Gasteiger partial charge on any atom is -0.0610 e. The van der Waals surface area contributed by atoms with E-state index in [0.717, 1.165) is 0 Å². The van der Waals surface area contributed by atoms with Gasteiger partial charge in [-0.1, -0.05) is 60.7 Å². The molecule has 0 saturated carbocycles. The highest BCUT2D eigenvalue weighted by atomic mass is 14.2. The predicted octanol–water partition coefficient (Wildman–Crippen LogP) is 6.95. The van der Waals surface area contributed by atoms with Crippen molar-refractivity contribution in [2.24, 2.45) is 0 Å². The van der Waals surface area contributed by atoms with Gasteiger partial charge in [-0.05, 0) is 78.8 Å². The Morgan fingerprint density at radius 3 is 1.29 bits per heavy atom. The Labute approximate surface area is 140 Å². The van der Waals surface area contributed by atoms with Crippen molar-refractivity contribution in [2.75, 3.05) is 0 Å². The van der Waals surface area contributed by atoms with Gasteiger partial charge in [-0.2, -0.15) is 0 Å². The highest BCUT2D eigenvalue weighted by Crippen LogP contribution is 2.46. The summed E-state index contributed by atoms with van der Waals surface area (Å²) >= 11 is 0. The van der Waals surface area contributed by atoms with E-state index in [2.05, 4.69) is 74.5 Å². The summed E-state index contributed by atoms with van der Waals surface area (Å²) in [4.78, 5) is 0. The van der Waals surface area contributed by atoms with E-state index in [0.29, 0.717) is 0 Å². The molecule has 6 aromatic rings. The summed E-state index contributed by atoms with van der Waals surface area (Å²) in [7, 11) is 0. The number of hydrogen-bond donors (Lipinski definition) is 0. The first-order valence-corrected chi connectivity index (χ1v) is 8.56. The summed E-state index contributed by atoms with van der Waals surface area (Å²) < 4.78 is 0. The van der Waals surface area contributed by atoms with E-state index in [4.69, 9.17) is 0 Å². The van der Waals surface area contributed by atoms with Crippen molar-refractivity contribution >= 4 is 53.9 Å². The van der Waals surface area contributed by atoms with Gasteiger partial charge >= 0.3 is 0 Å². The molecule has 0 fully saturated rings. The van der Waals surface area contributed by atoms with Crippen molar-refractivity contribution in [1.82, 2.24) is 0 Å². The predicted molar refractivity (Wildman–Crippen MR) is 106 cm³/mol. The van der Waals surface area contributed by atoms with Gasteiger partial charge in [-0.25, -0.2) is 0 Å². The third-order valence-corrected chi connectivity index (χ3v) is 5.96. The molecular formula is C24H16. The summed E-state index contributed by atoms with van der Waals surface area (Å²) in [6.45, 7) is 4.55. The van der Waals surface area contributed by atoms with E-state index in [-0.39, 0.29) is 0 Å². The zero-order chi connectivity index (χ0) is 16.0. The first-order chi connectivity index (χ1) is 11.8. The molecule has 0 aromatic heterocycles. The lowest BCUT2D eigenvalue weighted by molar-refractivity contribution is 1.58. The zero-order valence-corrected chi connectivity index (χ0v) is 13.8. The molecule has 112 valence electrons. The standard InChI is InChI=1S/C24H16/c1-13-17-7-3-5-15-10-12-20-14(2)18-8-4-6-16-9-11-19(13)23(22(16)18)24(20)21(15)17/h3-12H,1-2H3. The smallest absolute Gasteiger partial charge is 0.00112 e. The van der Waals surface area contributed by atoms with E-state index in [9.17, 15) is 0 Å². The summed E-state index contributed by atoms with van der Waals surface area (Å²) in [5, 5.41) is 14.0. The van der Waals surface area contributed by atoms with E-state index in [1.807, 2.05) is 0 Å². The average Bonchev–Trinajstić information content (AvgIpc) is 2.63. The molecule has 0 amide bonds. The van der Waals surface area contributed by atoms with Gasteiger partial charge in [0, 0.05) is 0 Å². The van der Waals surface area contributed by atoms with Gasteiger partial charge in [-0.15, -0.1) is 0 Å². The van der Waals surface area contributed by atoms with Crippen LogP contribution in [0, 0.1) is 13.8 Å². The zero-order valence-electron chi connectivity index (χ0n) is 13.8. The van der Waals surface area contributed by atoms with Crippen LogP contribution in [0.25, 0.3) is 53.9 Å². The van der Waals surface area contributed by atoms with Crippen LogP contribution in [0.3, 0.4) is 0 Å². The fraction of sp³-hybridized carbons (Fsp3) is 0.0833. The summed E-state index contributed by atoms with van der Waals surface area (Å²) in [6.07, 6.45) is 0. The molecule has 0 unspecified atom stereocenters. The van der Waals surface area contributed by atoms with E-state index in [1.165, 1.54) is 65.0 Å². The Bertz CT molecular complexity index is 1290. The Morgan fingerprint density at radius 2 is 0.833 bits per heavy atom. The Kier molecular flexibility index (Phi) is 2.07. The molecule has 0 N–H and O–H groups in total. The topological polar surface area (TPSA) is 0 Å². The lowest BCUT2D eigenvalue weighted by Crippen LogP contribution is -1.94. The molecule has 0 aliphatic carbocycles. The lowest BCUT2D eigenvalue weighted by Gasteiger charge is -2.20. The molecule has 0 atom stereocenters. The van der Waals surface area contributed by atoms with Crippen molar-refractivity contribution in [1.29, 1.82) is 0 Å². The van der Waals surface area contributed by atoms with Gasteiger partial charge in [-0.3, -0.25) is 0 Å². The minimum atomic E-state index is 1.35. The van der Waals surface area contributed by atoms with Crippen molar-refractivity contribution in [3.05, 3.63) is 71.8 Å². The third kappa shape index (κ3) is 1.24. The number of benzene rings is 6. The lowest BCUT2D eigenvalue weighted by atomic mass is 9.83. The normalized spacial score (nSPS) is 12.6.